The zero-order valence-electron chi connectivity index (χ0n) is 27.8. The van der Waals surface area contributed by atoms with Crippen LogP contribution < -0.4 is 9.47 Å². The van der Waals surface area contributed by atoms with Crippen LogP contribution in [-0.4, -0.2) is 44.6 Å². The van der Waals surface area contributed by atoms with E-state index in [4.69, 9.17) is 18.9 Å². The van der Waals surface area contributed by atoms with E-state index in [0.717, 1.165) is 29.7 Å². The average molecular weight is 714 g/mol. The molecule has 1 fully saturated rings. The smallest absolute Gasteiger partial charge is 0.416 e. The van der Waals surface area contributed by atoms with Gasteiger partial charge in [-0.05, 0) is 102 Å². The van der Waals surface area contributed by atoms with E-state index in [1.807, 2.05) is 13.8 Å². The third-order valence-electron chi connectivity index (χ3n) is 9.04. The lowest BCUT2D eigenvalue weighted by Gasteiger charge is -2.36. The quantitative estimate of drug-likeness (QED) is 0.163. The van der Waals surface area contributed by atoms with Gasteiger partial charge in [-0.15, -0.1) is 0 Å². The molecule has 0 radical (unpaired) electrons. The molecule has 1 aliphatic carbocycles. The van der Waals surface area contributed by atoms with Gasteiger partial charge < -0.3 is 18.9 Å². The minimum Gasteiger partial charge on any atom is -0.496 e. The molecule has 3 aromatic rings. The molecular weight excluding hydrogens is 678 g/mol. The van der Waals surface area contributed by atoms with Crippen LogP contribution in [0.1, 0.15) is 68.4 Å². The van der Waals surface area contributed by atoms with Gasteiger partial charge in [0.1, 0.15) is 11.9 Å². The van der Waals surface area contributed by atoms with E-state index in [-0.39, 0.29) is 30.4 Å². The Bertz CT molecular complexity index is 1740. The van der Waals surface area contributed by atoms with Crippen molar-refractivity contribution >= 4 is 11.7 Å². The number of halogens is 8. The second-order valence-electron chi connectivity index (χ2n) is 13.2. The van der Waals surface area contributed by atoms with Crippen molar-refractivity contribution in [3.63, 3.8) is 0 Å². The number of hydrogen-bond acceptors (Lipinski definition) is 5. The molecule has 0 aromatic heterocycles. The Morgan fingerprint density at radius 1 is 0.900 bits per heavy atom. The highest BCUT2D eigenvalue weighted by molar-refractivity contribution is 5.80. The number of carbonyl (C=O) groups is 1. The molecule has 270 valence electrons. The fourth-order valence-corrected chi connectivity index (χ4v) is 6.50. The molecule has 3 aromatic carbocycles. The minimum atomic E-state index is -5.07. The zero-order chi connectivity index (χ0) is 36.8. The van der Waals surface area contributed by atoms with Crippen LogP contribution in [0.3, 0.4) is 0 Å². The van der Waals surface area contributed by atoms with Crippen molar-refractivity contribution in [2.45, 2.75) is 64.5 Å². The van der Waals surface area contributed by atoms with E-state index >= 15 is 0 Å². The molecule has 50 heavy (non-hydrogen) atoms. The minimum absolute atomic E-state index is 0.0255. The molecule has 6 nitrogen and oxygen atoms in total. The Balaban J connectivity index is 1.54. The lowest BCUT2D eigenvalue weighted by atomic mass is 9.72. The molecule has 14 heteroatoms. The number of cyclic esters (lactones) is 1. The van der Waals surface area contributed by atoms with Crippen LogP contribution in [0, 0.1) is 17.0 Å². The van der Waals surface area contributed by atoms with Gasteiger partial charge in [0.05, 0.1) is 24.3 Å². The van der Waals surface area contributed by atoms with Crippen molar-refractivity contribution in [1.82, 2.24) is 4.90 Å². The number of allylic oxidation sites excluding steroid dienone is 1. The predicted octanol–water partition coefficient (Wildman–Crippen LogP) is 10.2. The zero-order valence-corrected chi connectivity index (χ0v) is 27.8. The topological polar surface area (TPSA) is 57.2 Å². The summed E-state index contributed by atoms with van der Waals surface area (Å²) < 4.78 is 132. The van der Waals surface area contributed by atoms with Crippen LogP contribution in [0.2, 0.25) is 0 Å². The summed E-state index contributed by atoms with van der Waals surface area (Å²) in [6.07, 6.45) is -10.7. The summed E-state index contributed by atoms with van der Waals surface area (Å²) in [6, 6.07) is 7.47. The third kappa shape index (κ3) is 7.69. The van der Waals surface area contributed by atoms with E-state index in [1.54, 1.807) is 18.2 Å². The molecule has 0 spiro atoms. The summed E-state index contributed by atoms with van der Waals surface area (Å²) in [4.78, 5) is 14.5. The first-order valence-electron chi connectivity index (χ1n) is 15.6. The Hall–Kier alpha value is -4.33. The van der Waals surface area contributed by atoms with E-state index < -0.39 is 64.7 Å². The number of amides is 1. The van der Waals surface area contributed by atoms with Gasteiger partial charge in [0.2, 0.25) is 0 Å². The van der Waals surface area contributed by atoms with Crippen LogP contribution in [0.4, 0.5) is 39.9 Å². The molecule has 1 aliphatic heterocycles. The second-order valence-corrected chi connectivity index (χ2v) is 13.2. The van der Waals surface area contributed by atoms with Crippen LogP contribution in [0.5, 0.6) is 11.5 Å². The number of carbonyl (C=O) groups excluding carboxylic acids is 1. The summed E-state index contributed by atoms with van der Waals surface area (Å²) in [5, 5.41) is 0. The van der Waals surface area contributed by atoms with Crippen LogP contribution >= 0.6 is 0 Å². The Morgan fingerprint density at radius 2 is 1.52 bits per heavy atom. The first-order chi connectivity index (χ1) is 23.3. The molecule has 0 saturated carbocycles. The number of alkyl halides is 6. The number of benzene rings is 3. The highest BCUT2D eigenvalue weighted by Gasteiger charge is 2.44. The fourth-order valence-electron chi connectivity index (χ4n) is 6.50. The molecule has 0 N–H and O–H groups in total. The summed E-state index contributed by atoms with van der Waals surface area (Å²) in [5.74, 6) is -2.02. The van der Waals surface area contributed by atoms with E-state index in [9.17, 15) is 39.9 Å². The fraction of sp³-hybridized carbons (Fsp3) is 0.417. The van der Waals surface area contributed by atoms with Gasteiger partial charge in [-0.2, -0.15) is 26.3 Å². The predicted molar refractivity (Wildman–Crippen MR) is 167 cm³/mol. The lowest BCUT2D eigenvalue weighted by Crippen LogP contribution is -2.35. The normalized spacial score (nSPS) is 19.5. The summed E-state index contributed by atoms with van der Waals surface area (Å²) in [5.41, 5.74) is -0.866. The third-order valence-corrected chi connectivity index (χ3v) is 9.04. The Morgan fingerprint density at radius 3 is 2.08 bits per heavy atom. The van der Waals surface area contributed by atoms with Crippen molar-refractivity contribution < 1.29 is 58.9 Å². The van der Waals surface area contributed by atoms with Crippen molar-refractivity contribution in [2.75, 3.05) is 27.6 Å². The number of rotatable bonds is 9. The maximum atomic E-state index is 14.9. The molecule has 1 saturated heterocycles. The first-order valence-corrected chi connectivity index (χ1v) is 15.6. The number of nitrogens with zero attached hydrogens (tertiary/aromatic N) is 1. The average Bonchev–Trinajstić information content (AvgIpc) is 3.31. The number of hydrogen-bond donors (Lipinski definition) is 0. The van der Waals surface area contributed by atoms with Crippen molar-refractivity contribution in [2.24, 2.45) is 5.41 Å². The molecular formula is C36H35F8NO5. The maximum Gasteiger partial charge on any atom is 0.416 e. The molecule has 1 amide bonds. The second kappa shape index (κ2) is 13.8. The Labute approximate surface area is 283 Å². The highest BCUT2D eigenvalue weighted by Crippen LogP contribution is 2.47. The van der Waals surface area contributed by atoms with Crippen molar-refractivity contribution in [3.8, 4) is 22.6 Å². The molecule has 0 unspecified atom stereocenters. The van der Waals surface area contributed by atoms with Gasteiger partial charge >= 0.3 is 18.4 Å². The Kier molecular flexibility index (Phi) is 10.2. The first kappa shape index (κ1) is 36.9. The van der Waals surface area contributed by atoms with E-state index in [1.165, 1.54) is 26.0 Å². The number of ether oxygens (including phenoxy) is 4. The van der Waals surface area contributed by atoms with Gasteiger partial charge in [0.15, 0.2) is 24.2 Å². The summed E-state index contributed by atoms with van der Waals surface area (Å²) >= 11 is 0. The van der Waals surface area contributed by atoms with Gasteiger partial charge in [-0.3, -0.25) is 4.90 Å². The largest absolute Gasteiger partial charge is 0.496 e. The van der Waals surface area contributed by atoms with Gasteiger partial charge in [-0.25, -0.2) is 13.6 Å². The van der Waals surface area contributed by atoms with Gasteiger partial charge in [0, 0.05) is 19.2 Å². The van der Waals surface area contributed by atoms with Crippen LogP contribution in [0.25, 0.3) is 16.7 Å². The molecule has 0 bridgehead atoms. The summed E-state index contributed by atoms with van der Waals surface area (Å²) in [7, 11) is 2.77. The molecule has 5 rings (SSSR count). The molecule has 2 atom stereocenters. The maximum absolute atomic E-state index is 14.9. The van der Waals surface area contributed by atoms with Gasteiger partial charge in [0.25, 0.3) is 0 Å². The monoisotopic (exact) mass is 713 g/mol. The molecule has 2 aliphatic rings. The lowest BCUT2D eigenvalue weighted by molar-refractivity contribution is -0.143. The summed E-state index contributed by atoms with van der Waals surface area (Å²) in [6.45, 7) is 5.17. The van der Waals surface area contributed by atoms with Crippen LogP contribution in [0.15, 0.2) is 54.1 Å². The SMILES string of the molecule is COCOc1c(F)cc(-c2ccc(OC)c(C3=C(CN4C(=O)O[C@H](c5cc(C(F)(F)F)cc(C(F)(F)F)c5)[C@@H]4C)CC(C)(C)CC3)c2)cc1F. The van der Waals surface area contributed by atoms with Crippen LogP contribution in [-0.2, 0) is 21.8 Å². The molecule has 1 heterocycles. The van der Waals surface area contributed by atoms with Crippen molar-refractivity contribution in [3.05, 3.63) is 88.0 Å². The standard InChI is InChI=1S/C36H35F8NO5/c1-19-31(22-10-24(35(39,40)41)15-25(11-22)36(42,43)44)50-33(46)45(19)17-23-16-34(2,3)9-8-26(23)27-12-20(6-7-30(27)48-5)21-13-28(37)32(29(38)14-21)49-18-47-4/h6-7,10-15,19,31H,8-9,16-18H2,1-5H3/t19-,31-/m0/s1. The van der Waals surface area contributed by atoms with E-state index in [0.29, 0.717) is 41.9 Å². The van der Waals surface area contributed by atoms with Crippen molar-refractivity contribution in [1.29, 1.82) is 0 Å². The highest BCUT2D eigenvalue weighted by atomic mass is 19.4. The van der Waals surface area contributed by atoms with E-state index in [2.05, 4.69) is 0 Å². The number of methoxy groups -OCH3 is 2. The van der Waals surface area contributed by atoms with Gasteiger partial charge in [-0.1, -0.05) is 19.9 Å².